The van der Waals surface area contributed by atoms with Gasteiger partial charge in [0, 0.05) is 31.1 Å². The number of halogens is 1. The lowest BCUT2D eigenvalue weighted by atomic mass is 10.0. The Kier molecular flexibility index (Phi) is 4.22. The van der Waals surface area contributed by atoms with E-state index in [0.717, 1.165) is 42.8 Å². The van der Waals surface area contributed by atoms with E-state index >= 15 is 0 Å². The molecule has 1 aromatic carbocycles. The van der Waals surface area contributed by atoms with E-state index in [9.17, 15) is 0 Å². The zero-order chi connectivity index (χ0) is 15.0. The zero-order valence-electron chi connectivity index (χ0n) is 12.6. The second-order valence-corrected chi connectivity index (χ2v) is 6.45. The SMILES string of the molecule is CN1CCN(C)C(CC(N)c2cc3cccc(Cl)c3o2)C1. The highest BCUT2D eigenvalue weighted by Gasteiger charge is 2.26. The smallest absolute Gasteiger partial charge is 0.152 e. The number of para-hydroxylation sites is 1. The summed E-state index contributed by atoms with van der Waals surface area (Å²) in [5.41, 5.74) is 7.10. The highest BCUT2D eigenvalue weighted by molar-refractivity contribution is 6.34. The van der Waals surface area contributed by atoms with Gasteiger partial charge in [0.05, 0.1) is 11.1 Å². The molecule has 0 spiro atoms. The largest absolute Gasteiger partial charge is 0.458 e. The number of piperazine rings is 1. The van der Waals surface area contributed by atoms with Crippen LogP contribution in [-0.2, 0) is 0 Å². The van der Waals surface area contributed by atoms with Crippen LogP contribution in [0.25, 0.3) is 11.0 Å². The molecule has 0 radical (unpaired) electrons. The van der Waals surface area contributed by atoms with Gasteiger partial charge < -0.3 is 20.0 Å². The maximum atomic E-state index is 6.37. The fraction of sp³-hybridized carbons (Fsp3) is 0.500. The average molecular weight is 308 g/mol. The van der Waals surface area contributed by atoms with Gasteiger partial charge in [-0.3, -0.25) is 0 Å². The van der Waals surface area contributed by atoms with Crippen molar-refractivity contribution >= 4 is 22.6 Å². The first-order chi connectivity index (χ1) is 10.0. The molecule has 0 aliphatic carbocycles. The van der Waals surface area contributed by atoms with Crippen LogP contribution in [0.5, 0.6) is 0 Å². The van der Waals surface area contributed by atoms with Crippen LogP contribution in [0.2, 0.25) is 5.02 Å². The summed E-state index contributed by atoms with van der Waals surface area (Å²) in [5, 5.41) is 1.66. The first-order valence-corrected chi connectivity index (χ1v) is 7.74. The average Bonchev–Trinajstić information content (AvgIpc) is 2.88. The molecule has 2 unspecified atom stereocenters. The molecular formula is C16H22ClN3O. The number of nitrogens with zero attached hydrogens (tertiary/aromatic N) is 2. The summed E-state index contributed by atoms with van der Waals surface area (Å²) in [6, 6.07) is 8.14. The second kappa shape index (κ2) is 5.97. The first-order valence-electron chi connectivity index (χ1n) is 7.37. The van der Waals surface area contributed by atoms with Gasteiger partial charge in [-0.1, -0.05) is 23.7 Å². The molecular weight excluding hydrogens is 286 g/mol. The molecule has 5 heteroatoms. The van der Waals surface area contributed by atoms with Crippen molar-refractivity contribution in [2.75, 3.05) is 33.7 Å². The van der Waals surface area contributed by atoms with Gasteiger partial charge in [0.2, 0.25) is 0 Å². The highest BCUT2D eigenvalue weighted by atomic mass is 35.5. The maximum Gasteiger partial charge on any atom is 0.152 e. The van der Waals surface area contributed by atoms with Gasteiger partial charge in [-0.15, -0.1) is 0 Å². The Morgan fingerprint density at radius 2 is 2.19 bits per heavy atom. The third-order valence-electron chi connectivity index (χ3n) is 4.39. The molecule has 1 aliphatic rings. The predicted octanol–water partition coefficient (Wildman–Crippen LogP) is 2.72. The molecule has 4 nitrogen and oxygen atoms in total. The van der Waals surface area contributed by atoms with Crippen molar-refractivity contribution in [3.8, 4) is 0 Å². The molecule has 1 aliphatic heterocycles. The standard InChI is InChI=1S/C16H22ClN3O/c1-19-6-7-20(2)12(10-19)9-14(18)15-8-11-4-3-5-13(17)16(11)21-15/h3-5,8,12,14H,6-7,9-10,18H2,1-2H3. The van der Waals surface area contributed by atoms with Gasteiger partial charge in [0.1, 0.15) is 5.76 Å². The molecule has 3 rings (SSSR count). The van der Waals surface area contributed by atoms with Gasteiger partial charge >= 0.3 is 0 Å². The minimum atomic E-state index is -0.104. The first kappa shape index (κ1) is 14.9. The molecule has 0 bridgehead atoms. The molecule has 0 saturated carbocycles. The normalized spacial score (nSPS) is 22.8. The summed E-state index contributed by atoms with van der Waals surface area (Å²) in [7, 11) is 4.33. The summed E-state index contributed by atoms with van der Waals surface area (Å²) in [6.45, 7) is 3.24. The van der Waals surface area contributed by atoms with E-state index in [-0.39, 0.29) is 6.04 Å². The van der Waals surface area contributed by atoms with Crippen LogP contribution in [0, 0.1) is 0 Å². The van der Waals surface area contributed by atoms with Gasteiger partial charge in [0.15, 0.2) is 5.58 Å². The Hall–Kier alpha value is -1.07. The number of benzene rings is 1. The number of furan rings is 1. The molecule has 2 atom stereocenters. The summed E-state index contributed by atoms with van der Waals surface area (Å²) >= 11 is 6.16. The van der Waals surface area contributed by atoms with Gasteiger partial charge in [-0.2, -0.15) is 0 Å². The maximum absolute atomic E-state index is 6.37. The quantitative estimate of drug-likeness (QED) is 0.947. The van der Waals surface area contributed by atoms with Crippen LogP contribution < -0.4 is 5.73 Å². The van der Waals surface area contributed by atoms with Crippen molar-refractivity contribution in [3.05, 3.63) is 35.0 Å². The number of hydrogen-bond acceptors (Lipinski definition) is 4. The minimum Gasteiger partial charge on any atom is -0.458 e. The summed E-state index contributed by atoms with van der Waals surface area (Å²) in [5.74, 6) is 0.819. The van der Waals surface area contributed by atoms with Gasteiger partial charge in [-0.05, 0) is 32.6 Å². The second-order valence-electron chi connectivity index (χ2n) is 6.05. The fourth-order valence-electron chi connectivity index (χ4n) is 3.00. The third kappa shape index (κ3) is 3.09. The van der Waals surface area contributed by atoms with E-state index in [2.05, 4.69) is 23.9 Å². The van der Waals surface area contributed by atoms with Crippen LogP contribution in [0.15, 0.2) is 28.7 Å². The van der Waals surface area contributed by atoms with E-state index in [4.69, 9.17) is 21.8 Å². The van der Waals surface area contributed by atoms with Gasteiger partial charge in [0.25, 0.3) is 0 Å². The van der Waals surface area contributed by atoms with Crippen molar-refractivity contribution in [1.82, 2.24) is 9.80 Å². The Bertz CT molecular complexity index is 627. The molecule has 1 aromatic heterocycles. The van der Waals surface area contributed by atoms with E-state index in [1.165, 1.54) is 0 Å². The Morgan fingerprint density at radius 3 is 2.95 bits per heavy atom. The molecule has 2 heterocycles. The lowest BCUT2D eigenvalue weighted by molar-refractivity contribution is 0.102. The lowest BCUT2D eigenvalue weighted by Crippen LogP contribution is -2.50. The van der Waals surface area contributed by atoms with E-state index in [1.54, 1.807) is 0 Å². The van der Waals surface area contributed by atoms with E-state index < -0.39 is 0 Å². The third-order valence-corrected chi connectivity index (χ3v) is 4.68. The Balaban J connectivity index is 1.77. The number of nitrogens with two attached hydrogens (primary N) is 1. The minimum absolute atomic E-state index is 0.104. The monoisotopic (exact) mass is 307 g/mol. The zero-order valence-corrected chi connectivity index (χ0v) is 13.3. The van der Waals surface area contributed by atoms with Crippen molar-refractivity contribution < 1.29 is 4.42 Å². The molecule has 2 N–H and O–H groups in total. The highest BCUT2D eigenvalue weighted by Crippen LogP contribution is 2.30. The summed E-state index contributed by atoms with van der Waals surface area (Å²) in [4.78, 5) is 4.74. The Labute approximate surface area is 130 Å². The summed E-state index contributed by atoms with van der Waals surface area (Å²) < 4.78 is 5.88. The lowest BCUT2D eigenvalue weighted by Gasteiger charge is -2.38. The van der Waals surface area contributed by atoms with Crippen LogP contribution >= 0.6 is 11.6 Å². The Morgan fingerprint density at radius 1 is 1.38 bits per heavy atom. The topological polar surface area (TPSA) is 45.6 Å². The van der Waals surface area contributed by atoms with Crippen LogP contribution in [0.4, 0.5) is 0 Å². The van der Waals surface area contributed by atoms with Crippen LogP contribution in [-0.4, -0.2) is 49.6 Å². The van der Waals surface area contributed by atoms with Gasteiger partial charge in [-0.25, -0.2) is 0 Å². The molecule has 0 amide bonds. The van der Waals surface area contributed by atoms with Crippen LogP contribution in [0.3, 0.4) is 0 Å². The van der Waals surface area contributed by atoms with E-state index in [1.807, 2.05) is 24.3 Å². The fourth-order valence-corrected chi connectivity index (χ4v) is 3.22. The predicted molar refractivity (Wildman–Crippen MR) is 86.7 cm³/mol. The van der Waals surface area contributed by atoms with E-state index in [0.29, 0.717) is 11.1 Å². The molecule has 1 saturated heterocycles. The molecule has 21 heavy (non-hydrogen) atoms. The number of hydrogen-bond donors (Lipinski definition) is 1. The van der Waals surface area contributed by atoms with Crippen LogP contribution in [0.1, 0.15) is 18.2 Å². The van der Waals surface area contributed by atoms with Crippen molar-refractivity contribution in [2.24, 2.45) is 5.73 Å². The molecule has 114 valence electrons. The van der Waals surface area contributed by atoms with Crippen molar-refractivity contribution in [1.29, 1.82) is 0 Å². The van der Waals surface area contributed by atoms with Crippen molar-refractivity contribution in [3.63, 3.8) is 0 Å². The molecule has 2 aromatic rings. The number of rotatable bonds is 3. The summed E-state index contributed by atoms with van der Waals surface area (Å²) in [6.07, 6.45) is 0.887. The number of fused-ring (bicyclic) bond motifs is 1. The van der Waals surface area contributed by atoms with Crippen molar-refractivity contribution in [2.45, 2.75) is 18.5 Å². The number of likely N-dealkylation sites (N-methyl/N-ethyl adjacent to an activating group) is 2. The molecule has 1 fully saturated rings.